The predicted octanol–water partition coefficient (Wildman–Crippen LogP) is 5.32. The molecule has 20 heavy (non-hydrogen) atoms. The van der Waals surface area contributed by atoms with Gasteiger partial charge in [-0.1, -0.05) is 0 Å². The van der Waals surface area contributed by atoms with Crippen LogP contribution in [-0.4, -0.2) is 3.92 Å². The molecule has 0 aromatic carbocycles. The number of alkyl halides is 1. The maximum Gasteiger partial charge on any atom is 0.147 e. The molecule has 0 aliphatic heterocycles. The van der Waals surface area contributed by atoms with Crippen LogP contribution in [0.15, 0.2) is 0 Å². The van der Waals surface area contributed by atoms with E-state index in [0.29, 0.717) is 3.92 Å². The summed E-state index contributed by atoms with van der Waals surface area (Å²) in [5, 5.41) is 0. The van der Waals surface area contributed by atoms with Crippen LogP contribution in [0.25, 0.3) is 0 Å². The first kappa shape index (κ1) is 13.0. The van der Waals surface area contributed by atoms with Crippen LogP contribution >= 0.6 is 21.2 Å². The van der Waals surface area contributed by atoms with E-state index in [9.17, 15) is 3.07 Å². The standard InChI is InChI=1S/C18H27IO/c20-19-13-3-5-14-11(9-13)1-4-16-15(14)7-8-18-10-12(18)2-6-17(16)18/h11-17H,1-10H2/t11-,12?,13?,14-,15+,16+,17-,18-/m0/s1. The van der Waals surface area contributed by atoms with Crippen LogP contribution in [0.3, 0.4) is 0 Å². The van der Waals surface area contributed by atoms with Crippen molar-refractivity contribution >= 4 is 21.2 Å². The maximum absolute atomic E-state index is 11.3. The van der Waals surface area contributed by atoms with Gasteiger partial charge in [-0.3, -0.25) is 3.07 Å². The highest BCUT2D eigenvalue weighted by atomic mass is 127. The van der Waals surface area contributed by atoms with Crippen molar-refractivity contribution in [2.45, 2.75) is 68.1 Å². The summed E-state index contributed by atoms with van der Waals surface area (Å²) in [4.78, 5) is 0. The lowest BCUT2D eigenvalue weighted by Crippen LogP contribution is -2.45. The normalized spacial score (nSPS) is 60.1. The van der Waals surface area contributed by atoms with E-state index in [-0.39, 0.29) is 0 Å². The van der Waals surface area contributed by atoms with Gasteiger partial charge in [0.1, 0.15) is 21.2 Å². The van der Waals surface area contributed by atoms with Gasteiger partial charge in [-0.2, -0.15) is 0 Å². The zero-order valence-electron chi connectivity index (χ0n) is 12.4. The highest BCUT2D eigenvalue weighted by Crippen LogP contribution is 2.75. The van der Waals surface area contributed by atoms with Crippen molar-refractivity contribution in [1.29, 1.82) is 0 Å². The summed E-state index contributed by atoms with van der Waals surface area (Å²) in [6, 6.07) is 0. The molecule has 0 aromatic rings. The highest BCUT2D eigenvalue weighted by Gasteiger charge is 2.66. The Balaban J connectivity index is 1.38. The molecule has 5 fully saturated rings. The minimum atomic E-state index is -0.729. The smallest absolute Gasteiger partial charge is 0.147 e. The average molecular weight is 386 g/mol. The van der Waals surface area contributed by atoms with Gasteiger partial charge in [0.2, 0.25) is 0 Å². The predicted molar refractivity (Wildman–Crippen MR) is 88.0 cm³/mol. The molecule has 0 radical (unpaired) electrons. The van der Waals surface area contributed by atoms with Gasteiger partial charge in [-0.15, -0.1) is 0 Å². The van der Waals surface area contributed by atoms with Crippen LogP contribution in [0.4, 0.5) is 0 Å². The molecule has 5 rings (SSSR count). The Bertz CT molecular complexity index is 435. The highest BCUT2D eigenvalue weighted by molar-refractivity contribution is 14.1. The molecule has 8 atom stereocenters. The van der Waals surface area contributed by atoms with E-state index in [1.54, 1.807) is 32.1 Å². The molecule has 1 nitrogen and oxygen atoms in total. The van der Waals surface area contributed by atoms with Crippen LogP contribution in [0.2, 0.25) is 0 Å². The first-order valence-electron chi connectivity index (χ1n) is 9.07. The van der Waals surface area contributed by atoms with E-state index in [1.165, 1.54) is 32.1 Å². The minimum Gasteiger partial charge on any atom is -0.270 e. The van der Waals surface area contributed by atoms with Crippen LogP contribution in [0.1, 0.15) is 64.2 Å². The molecule has 0 bridgehead atoms. The van der Waals surface area contributed by atoms with Gasteiger partial charge in [-0.05, 0) is 105 Å². The fourth-order valence-electron chi connectivity index (χ4n) is 7.55. The fraction of sp³-hybridized carbons (Fsp3) is 1.00. The molecule has 0 aromatic heterocycles. The van der Waals surface area contributed by atoms with Gasteiger partial charge in [0.15, 0.2) is 0 Å². The number of halogens is 1. The first-order chi connectivity index (χ1) is 9.82. The van der Waals surface area contributed by atoms with Gasteiger partial charge < -0.3 is 0 Å². The molecular formula is C18H27IO. The Morgan fingerprint density at radius 3 is 2.60 bits per heavy atom. The molecular weight excluding hydrogens is 359 g/mol. The Hall–Kier alpha value is 0.530. The van der Waals surface area contributed by atoms with Gasteiger partial charge >= 0.3 is 0 Å². The van der Waals surface area contributed by atoms with Crippen LogP contribution < -0.4 is 0 Å². The quantitative estimate of drug-likeness (QED) is 0.440. The molecule has 5 saturated carbocycles. The lowest BCUT2D eigenvalue weighted by molar-refractivity contribution is -0.0293. The third kappa shape index (κ3) is 1.66. The monoisotopic (exact) mass is 386 g/mol. The van der Waals surface area contributed by atoms with E-state index in [4.69, 9.17) is 0 Å². The molecule has 5 aliphatic carbocycles. The fourth-order valence-corrected chi connectivity index (χ4v) is 9.03. The van der Waals surface area contributed by atoms with Crippen molar-refractivity contribution in [3.63, 3.8) is 0 Å². The number of hydrogen-bond donors (Lipinski definition) is 0. The van der Waals surface area contributed by atoms with E-state index in [1.807, 2.05) is 0 Å². The Morgan fingerprint density at radius 1 is 0.850 bits per heavy atom. The minimum absolute atomic E-state index is 0.640. The molecule has 0 heterocycles. The van der Waals surface area contributed by atoms with E-state index >= 15 is 0 Å². The van der Waals surface area contributed by atoms with Gasteiger partial charge in [0, 0.05) is 3.92 Å². The summed E-state index contributed by atoms with van der Waals surface area (Å²) < 4.78 is 12.0. The Morgan fingerprint density at radius 2 is 1.75 bits per heavy atom. The maximum atomic E-state index is 11.3. The Kier molecular flexibility index (Phi) is 2.94. The van der Waals surface area contributed by atoms with E-state index < -0.39 is 21.2 Å². The van der Waals surface area contributed by atoms with Crippen molar-refractivity contribution in [1.82, 2.24) is 0 Å². The van der Waals surface area contributed by atoms with Crippen LogP contribution in [-0.2, 0) is 3.07 Å². The zero-order chi connectivity index (χ0) is 13.3. The summed E-state index contributed by atoms with van der Waals surface area (Å²) in [5.41, 5.74) is 0.881. The molecule has 2 unspecified atom stereocenters. The van der Waals surface area contributed by atoms with Crippen LogP contribution in [0.5, 0.6) is 0 Å². The van der Waals surface area contributed by atoms with Crippen molar-refractivity contribution in [2.24, 2.45) is 40.9 Å². The average Bonchev–Trinajstić information content (AvgIpc) is 3.07. The molecule has 112 valence electrons. The lowest BCUT2D eigenvalue weighted by Gasteiger charge is -2.53. The third-order valence-corrected chi connectivity index (χ3v) is 10.2. The lowest BCUT2D eigenvalue weighted by atomic mass is 9.53. The van der Waals surface area contributed by atoms with Gasteiger partial charge in [-0.25, -0.2) is 0 Å². The van der Waals surface area contributed by atoms with Crippen molar-refractivity contribution in [2.75, 3.05) is 0 Å². The SMILES string of the molecule is O=IC1CC[C@H]2[C@@H](CC[C@@H]3[C@@H]2CC[C@]24CC2CC[C@@H]34)C1. The van der Waals surface area contributed by atoms with Crippen molar-refractivity contribution in [3.8, 4) is 0 Å². The summed E-state index contributed by atoms with van der Waals surface area (Å²) in [5.74, 6) is 6.49. The molecule has 0 amide bonds. The number of fused-ring (bicyclic) bond motifs is 4. The largest absolute Gasteiger partial charge is 0.270 e. The molecule has 0 N–H and O–H groups in total. The Labute approximate surface area is 133 Å². The summed E-state index contributed by atoms with van der Waals surface area (Å²) in [6.45, 7) is 0. The van der Waals surface area contributed by atoms with E-state index in [0.717, 1.165) is 40.9 Å². The molecule has 5 aliphatic rings. The van der Waals surface area contributed by atoms with Gasteiger partial charge in [0.25, 0.3) is 0 Å². The molecule has 2 heteroatoms. The number of rotatable bonds is 1. The molecule has 1 spiro atoms. The summed E-state index contributed by atoms with van der Waals surface area (Å²) in [7, 11) is 0. The summed E-state index contributed by atoms with van der Waals surface area (Å²) >= 11 is -0.729. The second-order valence-corrected chi connectivity index (χ2v) is 11.0. The van der Waals surface area contributed by atoms with Crippen molar-refractivity contribution in [3.05, 3.63) is 0 Å². The second-order valence-electron chi connectivity index (χ2n) is 8.69. The zero-order valence-corrected chi connectivity index (χ0v) is 14.6. The first-order valence-corrected chi connectivity index (χ1v) is 11.2. The molecule has 0 saturated heterocycles. The second kappa shape index (κ2) is 4.52. The topological polar surface area (TPSA) is 17.1 Å². The van der Waals surface area contributed by atoms with Crippen LogP contribution in [0, 0.1) is 40.9 Å². The summed E-state index contributed by atoms with van der Waals surface area (Å²) in [6.07, 6.45) is 15.0. The third-order valence-electron chi connectivity index (χ3n) is 8.38. The van der Waals surface area contributed by atoms with Gasteiger partial charge in [0.05, 0.1) is 0 Å². The van der Waals surface area contributed by atoms with E-state index in [2.05, 4.69) is 0 Å². The van der Waals surface area contributed by atoms with Crippen molar-refractivity contribution < 1.29 is 3.07 Å². The number of hydrogen-bond acceptors (Lipinski definition) is 1.